The third-order valence-electron chi connectivity index (χ3n) is 3.70. The van der Waals surface area contributed by atoms with Gasteiger partial charge in [0.1, 0.15) is 12.4 Å². The van der Waals surface area contributed by atoms with Crippen LogP contribution in [0.4, 0.5) is 11.4 Å². The molecule has 3 rings (SSSR count). The monoisotopic (exact) mass is 334 g/mol. The number of ether oxygens (including phenoxy) is 1. The summed E-state index contributed by atoms with van der Waals surface area (Å²) in [6.45, 7) is 1.08. The van der Waals surface area contributed by atoms with Crippen LogP contribution in [0.15, 0.2) is 78.9 Å². The van der Waals surface area contributed by atoms with Crippen LogP contribution < -0.4 is 10.1 Å². The van der Waals surface area contributed by atoms with E-state index in [1.807, 2.05) is 60.7 Å². The maximum atomic E-state index is 10.8. The molecule has 0 heterocycles. The first-order valence-corrected chi connectivity index (χ1v) is 7.95. The van der Waals surface area contributed by atoms with Crippen LogP contribution in [0, 0.1) is 10.1 Å². The van der Waals surface area contributed by atoms with Crippen LogP contribution in [0.25, 0.3) is 0 Å². The summed E-state index contributed by atoms with van der Waals surface area (Å²) in [5.41, 5.74) is 2.94. The quantitative estimate of drug-likeness (QED) is 0.498. The normalized spacial score (nSPS) is 10.2. The smallest absolute Gasteiger partial charge is 0.271 e. The third-order valence-corrected chi connectivity index (χ3v) is 3.70. The first-order valence-electron chi connectivity index (χ1n) is 7.95. The molecule has 0 aliphatic carbocycles. The standard InChI is InChI=1S/C20H18N2O3/c23-22(24)19-10-5-9-18(13-19)21-14-17-8-4-11-20(12-17)25-15-16-6-2-1-3-7-16/h1-13,21H,14-15H2. The van der Waals surface area contributed by atoms with Gasteiger partial charge in [0.2, 0.25) is 0 Å². The molecule has 0 atom stereocenters. The first-order chi connectivity index (χ1) is 12.2. The lowest BCUT2D eigenvalue weighted by Gasteiger charge is -2.10. The molecule has 0 bridgehead atoms. The molecule has 0 amide bonds. The predicted molar refractivity (Wildman–Crippen MR) is 97.6 cm³/mol. The molecule has 25 heavy (non-hydrogen) atoms. The van der Waals surface area contributed by atoms with Gasteiger partial charge in [0.15, 0.2) is 0 Å². The summed E-state index contributed by atoms with van der Waals surface area (Å²) in [6.07, 6.45) is 0. The number of nitrogens with one attached hydrogen (secondary N) is 1. The van der Waals surface area contributed by atoms with E-state index in [4.69, 9.17) is 4.74 Å². The molecule has 5 heteroatoms. The summed E-state index contributed by atoms with van der Waals surface area (Å²) < 4.78 is 5.82. The Labute approximate surface area is 146 Å². The zero-order valence-corrected chi connectivity index (χ0v) is 13.6. The van der Waals surface area contributed by atoms with Crippen LogP contribution in [-0.4, -0.2) is 4.92 Å². The molecule has 0 aromatic heterocycles. The summed E-state index contributed by atoms with van der Waals surface area (Å²) in [6, 6.07) is 24.3. The molecule has 3 aromatic rings. The van der Waals surface area contributed by atoms with Crippen LogP contribution in [-0.2, 0) is 13.2 Å². The van der Waals surface area contributed by atoms with Gasteiger partial charge in [-0.05, 0) is 29.3 Å². The molecule has 0 aliphatic rings. The van der Waals surface area contributed by atoms with Crippen LogP contribution in [0.3, 0.4) is 0 Å². The number of benzene rings is 3. The van der Waals surface area contributed by atoms with E-state index in [0.717, 1.165) is 16.9 Å². The Morgan fingerprint density at radius 3 is 2.44 bits per heavy atom. The Morgan fingerprint density at radius 1 is 0.880 bits per heavy atom. The fourth-order valence-corrected chi connectivity index (χ4v) is 2.42. The van der Waals surface area contributed by atoms with E-state index in [9.17, 15) is 10.1 Å². The van der Waals surface area contributed by atoms with Crippen molar-refractivity contribution >= 4 is 11.4 Å². The molecule has 0 saturated heterocycles. The molecular formula is C20H18N2O3. The van der Waals surface area contributed by atoms with Gasteiger partial charge in [0, 0.05) is 24.4 Å². The summed E-state index contributed by atoms with van der Waals surface area (Å²) >= 11 is 0. The highest BCUT2D eigenvalue weighted by Gasteiger charge is 2.05. The lowest BCUT2D eigenvalue weighted by Crippen LogP contribution is -2.01. The SMILES string of the molecule is O=[N+]([O-])c1cccc(NCc2cccc(OCc3ccccc3)c2)c1. The minimum Gasteiger partial charge on any atom is -0.489 e. The van der Waals surface area contributed by atoms with Crippen molar-refractivity contribution in [2.75, 3.05) is 5.32 Å². The number of nitrogens with zero attached hydrogens (tertiary/aromatic N) is 1. The molecular weight excluding hydrogens is 316 g/mol. The second-order valence-corrected chi connectivity index (χ2v) is 5.58. The lowest BCUT2D eigenvalue weighted by atomic mass is 10.2. The number of anilines is 1. The van der Waals surface area contributed by atoms with Crippen molar-refractivity contribution in [3.8, 4) is 5.75 Å². The highest BCUT2D eigenvalue weighted by molar-refractivity contribution is 5.51. The number of rotatable bonds is 7. The fourth-order valence-electron chi connectivity index (χ4n) is 2.42. The van der Waals surface area contributed by atoms with E-state index >= 15 is 0 Å². The molecule has 0 aliphatic heterocycles. The number of nitro groups is 1. The third kappa shape index (κ3) is 4.81. The second kappa shape index (κ2) is 7.97. The predicted octanol–water partition coefficient (Wildman–Crippen LogP) is 4.79. The van der Waals surface area contributed by atoms with Crippen LogP contribution in [0.5, 0.6) is 5.75 Å². The average Bonchev–Trinajstić information content (AvgIpc) is 2.66. The van der Waals surface area contributed by atoms with E-state index in [1.54, 1.807) is 6.07 Å². The Balaban J connectivity index is 1.60. The largest absolute Gasteiger partial charge is 0.489 e. The van der Waals surface area contributed by atoms with Crippen molar-refractivity contribution in [1.82, 2.24) is 0 Å². The Kier molecular flexibility index (Phi) is 5.26. The Morgan fingerprint density at radius 2 is 1.64 bits per heavy atom. The minimum atomic E-state index is -0.400. The zero-order valence-electron chi connectivity index (χ0n) is 13.6. The number of non-ortho nitro benzene ring substituents is 1. The lowest BCUT2D eigenvalue weighted by molar-refractivity contribution is -0.384. The van der Waals surface area contributed by atoms with Gasteiger partial charge in [0.25, 0.3) is 5.69 Å². The summed E-state index contributed by atoms with van der Waals surface area (Å²) in [4.78, 5) is 10.4. The van der Waals surface area contributed by atoms with Crippen LogP contribution >= 0.6 is 0 Å². The van der Waals surface area contributed by atoms with Gasteiger partial charge >= 0.3 is 0 Å². The van der Waals surface area contributed by atoms with Gasteiger partial charge in [-0.3, -0.25) is 10.1 Å². The van der Waals surface area contributed by atoms with Crippen molar-refractivity contribution in [1.29, 1.82) is 0 Å². The molecule has 0 fully saturated rings. The fraction of sp³-hybridized carbons (Fsp3) is 0.100. The van der Waals surface area contributed by atoms with E-state index in [0.29, 0.717) is 18.8 Å². The molecule has 1 N–H and O–H groups in total. The molecule has 0 spiro atoms. The summed E-state index contributed by atoms with van der Waals surface area (Å²) in [5, 5.41) is 14.0. The average molecular weight is 334 g/mol. The van der Waals surface area contributed by atoms with E-state index in [2.05, 4.69) is 5.32 Å². The molecule has 3 aromatic carbocycles. The highest BCUT2D eigenvalue weighted by Crippen LogP contribution is 2.19. The number of hydrogen-bond acceptors (Lipinski definition) is 4. The number of nitro benzene ring substituents is 1. The Bertz CT molecular complexity index is 850. The molecule has 0 saturated carbocycles. The van der Waals surface area contributed by atoms with E-state index in [1.165, 1.54) is 12.1 Å². The van der Waals surface area contributed by atoms with Gasteiger partial charge in [0.05, 0.1) is 4.92 Å². The summed E-state index contributed by atoms with van der Waals surface area (Å²) in [5.74, 6) is 0.794. The topological polar surface area (TPSA) is 64.4 Å². The van der Waals surface area contributed by atoms with E-state index < -0.39 is 4.92 Å². The van der Waals surface area contributed by atoms with E-state index in [-0.39, 0.29) is 5.69 Å². The maximum Gasteiger partial charge on any atom is 0.271 e. The Hall–Kier alpha value is -3.34. The molecule has 5 nitrogen and oxygen atoms in total. The van der Waals surface area contributed by atoms with Crippen molar-refractivity contribution < 1.29 is 9.66 Å². The van der Waals surface area contributed by atoms with Crippen LogP contribution in [0.2, 0.25) is 0 Å². The number of hydrogen-bond donors (Lipinski definition) is 1. The summed E-state index contributed by atoms with van der Waals surface area (Å²) in [7, 11) is 0. The second-order valence-electron chi connectivity index (χ2n) is 5.58. The maximum absolute atomic E-state index is 10.8. The van der Waals surface area contributed by atoms with Crippen molar-refractivity contribution in [2.24, 2.45) is 0 Å². The molecule has 126 valence electrons. The van der Waals surface area contributed by atoms with Crippen LogP contribution in [0.1, 0.15) is 11.1 Å². The molecule has 0 radical (unpaired) electrons. The highest BCUT2D eigenvalue weighted by atomic mass is 16.6. The van der Waals surface area contributed by atoms with Gasteiger partial charge in [-0.25, -0.2) is 0 Å². The van der Waals surface area contributed by atoms with Gasteiger partial charge in [-0.15, -0.1) is 0 Å². The molecule has 0 unspecified atom stereocenters. The van der Waals surface area contributed by atoms with Gasteiger partial charge in [-0.1, -0.05) is 48.5 Å². The first kappa shape index (κ1) is 16.5. The van der Waals surface area contributed by atoms with Gasteiger partial charge < -0.3 is 10.1 Å². The minimum absolute atomic E-state index is 0.0740. The van der Waals surface area contributed by atoms with Crippen molar-refractivity contribution in [3.63, 3.8) is 0 Å². The van der Waals surface area contributed by atoms with Gasteiger partial charge in [-0.2, -0.15) is 0 Å². The van der Waals surface area contributed by atoms with Crippen molar-refractivity contribution in [2.45, 2.75) is 13.2 Å². The van der Waals surface area contributed by atoms with Crippen molar-refractivity contribution in [3.05, 3.63) is 100 Å². The zero-order chi connectivity index (χ0) is 17.5.